The van der Waals surface area contributed by atoms with E-state index < -0.39 is 23.4 Å². The van der Waals surface area contributed by atoms with Crippen LogP contribution in [-0.4, -0.2) is 78.5 Å². The second kappa shape index (κ2) is 8.20. The highest BCUT2D eigenvalue weighted by molar-refractivity contribution is 5.96. The number of carbonyl (C=O) groups is 1. The Morgan fingerprint density at radius 2 is 2.03 bits per heavy atom. The van der Waals surface area contributed by atoms with Gasteiger partial charge in [0.2, 0.25) is 5.79 Å². The van der Waals surface area contributed by atoms with Crippen molar-refractivity contribution in [3.63, 3.8) is 0 Å². The quantitative estimate of drug-likeness (QED) is 0.708. The third kappa shape index (κ3) is 3.67. The average Bonchev–Trinajstić information content (AvgIpc) is 3.46. The maximum atomic E-state index is 12.3. The van der Waals surface area contributed by atoms with Crippen LogP contribution in [-0.2, 0) is 27.1 Å². The fourth-order valence-corrected chi connectivity index (χ4v) is 6.72. The normalized spacial score (nSPS) is 35.4. The maximum absolute atomic E-state index is 12.3. The van der Waals surface area contributed by atoms with Crippen molar-refractivity contribution in [2.24, 2.45) is 5.73 Å². The Morgan fingerprint density at radius 1 is 1.18 bits per heavy atom. The summed E-state index contributed by atoms with van der Waals surface area (Å²) in [7, 11) is 0. The smallest absolute Gasteiger partial charge is 0.252 e. The first-order valence-corrected chi connectivity index (χ1v) is 12.4. The van der Waals surface area contributed by atoms with E-state index in [0.717, 1.165) is 56.5 Å². The Morgan fingerprint density at radius 3 is 2.79 bits per heavy atom. The first-order chi connectivity index (χ1) is 16.0. The van der Waals surface area contributed by atoms with Gasteiger partial charge in [-0.05, 0) is 62.3 Å². The average molecular weight is 459 g/mol. The van der Waals surface area contributed by atoms with Gasteiger partial charge >= 0.3 is 0 Å². The van der Waals surface area contributed by atoms with Crippen molar-refractivity contribution in [1.29, 1.82) is 0 Å². The number of benzene rings is 1. The number of nitrogens with zero attached hydrogens (tertiary/aromatic N) is 1. The first-order valence-electron chi connectivity index (χ1n) is 12.4. The molecule has 3 unspecified atom stereocenters. The van der Waals surface area contributed by atoms with Gasteiger partial charge in [-0.25, -0.2) is 0 Å². The summed E-state index contributed by atoms with van der Waals surface area (Å²) in [6.45, 7) is 3.53. The number of carbonyl (C=O) groups excluding carboxylic acids is 1. The fraction of sp³-hybridized carbons (Fsp3) is 0.720. The largest absolute Gasteiger partial charge is 0.484 e. The molecule has 6 bridgehead atoms. The third-order valence-electron chi connectivity index (χ3n) is 8.40. The van der Waals surface area contributed by atoms with Crippen LogP contribution in [0.4, 0.5) is 0 Å². The molecule has 1 aromatic carbocycles. The standard InChI is InChI=1S/C25H34N2O6/c26-23(28)19-6-5-16-13-20-24(29)7-8-25(31-11-12-32-25)21(14-24)33-22(19)18(16)4-1-9-27(20)15-17-3-2-10-30-17/h5-6,17,20-21,29H,1-4,7-15H2,(H2,26,28)/t17?,20-,21?,24?/m1/s1. The molecule has 0 aromatic heterocycles. The van der Waals surface area contributed by atoms with E-state index >= 15 is 0 Å². The molecule has 1 amide bonds. The highest BCUT2D eigenvalue weighted by Gasteiger charge is 2.58. The molecule has 3 N–H and O–H groups in total. The number of hydrogen-bond acceptors (Lipinski definition) is 7. The van der Waals surface area contributed by atoms with Gasteiger partial charge < -0.3 is 29.8 Å². The highest BCUT2D eigenvalue weighted by atomic mass is 16.8. The summed E-state index contributed by atoms with van der Waals surface area (Å²) >= 11 is 0. The minimum atomic E-state index is -0.960. The van der Waals surface area contributed by atoms with E-state index in [1.165, 1.54) is 0 Å². The van der Waals surface area contributed by atoms with Gasteiger partial charge in [0, 0.05) is 32.0 Å². The van der Waals surface area contributed by atoms with Gasteiger partial charge in [0.25, 0.3) is 5.91 Å². The molecule has 4 aliphatic heterocycles. The minimum absolute atomic E-state index is 0.0732. The van der Waals surface area contributed by atoms with E-state index in [4.69, 9.17) is 24.7 Å². The SMILES string of the molecule is NC(=O)c1ccc2c3c1OC1CC(O)(CCC14OCCO4)[C@@H](C2)N(CC1CCCO1)CCC3. The van der Waals surface area contributed by atoms with Crippen molar-refractivity contribution in [1.82, 2.24) is 4.90 Å². The molecule has 4 heterocycles. The Kier molecular flexibility index (Phi) is 5.42. The molecule has 8 nitrogen and oxygen atoms in total. The van der Waals surface area contributed by atoms with Gasteiger partial charge in [0.15, 0.2) is 6.10 Å². The van der Waals surface area contributed by atoms with E-state index in [2.05, 4.69) is 4.90 Å². The van der Waals surface area contributed by atoms with E-state index in [1.54, 1.807) is 6.07 Å². The molecule has 6 rings (SSSR count). The minimum Gasteiger partial charge on any atom is -0.484 e. The van der Waals surface area contributed by atoms with Gasteiger partial charge in [0.05, 0.1) is 30.5 Å². The lowest BCUT2D eigenvalue weighted by Crippen LogP contribution is -2.63. The van der Waals surface area contributed by atoms with Crippen LogP contribution >= 0.6 is 0 Å². The fourth-order valence-electron chi connectivity index (χ4n) is 6.72. The number of ether oxygens (including phenoxy) is 4. The Bertz CT molecular complexity index is 926. The van der Waals surface area contributed by atoms with Crippen LogP contribution in [0.1, 0.15) is 60.0 Å². The third-order valence-corrected chi connectivity index (χ3v) is 8.40. The summed E-state index contributed by atoms with van der Waals surface area (Å²) in [6.07, 6.45) is 5.79. The monoisotopic (exact) mass is 458 g/mol. The summed E-state index contributed by atoms with van der Waals surface area (Å²) in [6, 6.07) is 3.71. The molecule has 4 atom stereocenters. The molecule has 0 radical (unpaired) electrons. The number of fused-ring (bicyclic) bond motifs is 5. The zero-order valence-corrected chi connectivity index (χ0v) is 19.1. The van der Waals surface area contributed by atoms with E-state index in [9.17, 15) is 9.90 Å². The summed E-state index contributed by atoms with van der Waals surface area (Å²) < 4.78 is 24.8. The Hall–Kier alpha value is -1.71. The summed E-state index contributed by atoms with van der Waals surface area (Å²) in [5.74, 6) is -0.837. The molecule has 180 valence electrons. The van der Waals surface area contributed by atoms with Crippen molar-refractivity contribution >= 4 is 5.91 Å². The van der Waals surface area contributed by atoms with Crippen molar-refractivity contribution in [3.05, 3.63) is 28.8 Å². The lowest BCUT2D eigenvalue weighted by atomic mass is 9.72. The predicted octanol–water partition coefficient (Wildman–Crippen LogP) is 1.54. The van der Waals surface area contributed by atoms with Crippen LogP contribution in [0.25, 0.3) is 0 Å². The van der Waals surface area contributed by atoms with Crippen molar-refractivity contribution in [2.75, 3.05) is 32.9 Å². The molecule has 3 fully saturated rings. The lowest BCUT2D eigenvalue weighted by molar-refractivity contribution is -0.259. The van der Waals surface area contributed by atoms with Gasteiger partial charge in [0.1, 0.15) is 5.75 Å². The molecule has 1 aliphatic carbocycles. The first kappa shape index (κ1) is 21.8. The Balaban J connectivity index is 1.46. The van der Waals surface area contributed by atoms with Crippen molar-refractivity contribution < 1.29 is 28.8 Å². The molecule has 1 saturated carbocycles. The van der Waals surface area contributed by atoms with Crippen LogP contribution in [0.15, 0.2) is 12.1 Å². The highest BCUT2D eigenvalue weighted by Crippen LogP contribution is 2.48. The summed E-state index contributed by atoms with van der Waals surface area (Å²) in [5, 5.41) is 12.2. The zero-order valence-electron chi connectivity index (χ0n) is 19.1. The number of hydrogen-bond donors (Lipinski definition) is 2. The molecular weight excluding hydrogens is 424 g/mol. The zero-order chi connectivity index (χ0) is 22.6. The van der Waals surface area contributed by atoms with E-state index in [0.29, 0.717) is 50.2 Å². The van der Waals surface area contributed by atoms with Crippen LogP contribution in [0.3, 0.4) is 0 Å². The number of primary amides is 1. The maximum Gasteiger partial charge on any atom is 0.252 e. The van der Waals surface area contributed by atoms with E-state index in [-0.39, 0.29) is 12.1 Å². The van der Waals surface area contributed by atoms with E-state index in [1.807, 2.05) is 6.07 Å². The molecular formula is C25H34N2O6. The molecule has 1 aromatic rings. The lowest BCUT2D eigenvalue weighted by Gasteiger charge is -2.51. The van der Waals surface area contributed by atoms with Crippen molar-refractivity contribution in [3.8, 4) is 5.75 Å². The van der Waals surface area contributed by atoms with Gasteiger partial charge in [-0.2, -0.15) is 0 Å². The molecule has 1 spiro atoms. The van der Waals surface area contributed by atoms with Crippen molar-refractivity contribution in [2.45, 2.75) is 81.0 Å². The molecule has 33 heavy (non-hydrogen) atoms. The summed E-state index contributed by atoms with van der Waals surface area (Å²) in [4.78, 5) is 14.8. The van der Waals surface area contributed by atoms with Gasteiger partial charge in [-0.3, -0.25) is 9.69 Å². The second-order valence-electron chi connectivity index (χ2n) is 10.3. The van der Waals surface area contributed by atoms with Crippen LogP contribution in [0, 0.1) is 0 Å². The second-order valence-corrected chi connectivity index (χ2v) is 10.3. The molecule has 5 aliphatic rings. The predicted molar refractivity (Wildman–Crippen MR) is 119 cm³/mol. The summed E-state index contributed by atoms with van der Waals surface area (Å²) in [5.41, 5.74) is 7.36. The van der Waals surface area contributed by atoms with Crippen LogP contribution < -0.4 is 10.5 Å². The molecule has 8 heteroatoms. The number of amides is 1. The molecule has 2 saturated heterocycles. The number of rotatable bonds is 3. The number of aliphatic hydroxyl groups is 1. The van der Waals surface area contributed by atoms with Crippen LogP contribution in [0.2, 0.25) is 0 Å². The topological polar surface area (TPSA) is 103 Å². The van der Waals surface area contributed by atoms with Gasteiger partial charge in [-0.1, -0.05) is 6.07 Å². The number of nitrogens with two attached hydrogens (primary N) is 1. The van der Waals surface area contributed by atoms with Crippen LogP contribution in [0.5, 0.6) is 5.75 Å². The van der Waals surface area contributed by atoms with Gasteiger partial charge in [-0.15, -0.1) is 0 Å². The Labute approximate surface area is 194 Å².